The molecule has 0 bridgehead atoms. The number of aryl methyl sites for hydroxylation is 1. The van der Waals surface area contributed by atoms with Crippen molar-refractivity contribution in [3.8, 4) is 0 Å². The van der Waals surface area contributed by atoms with Gasteiger partial charge in [0, 0.05) is 23.5 Å². The quantitative estimate of drug-likeness (QED) is 0.822. The van der Waals surface area contributed by atoms with Gasteiger partial charge in [-0.1, -0.05) is 35.9 Å². The third-order valence-electron chi connectivity index (χ3n) is 2.57. The molecule has 0 aliphatic rings. The molecule has 0 fully saturated rings. The molecule has 1 heterocycles. The van der Waals surface area contributed by atoms with E-state index < -0.39 is 0 Å². The van der Waals surface area contributed by atoms with Gasteiger partial charge in [0.2, 0.25) is 0 Å². The lowest BCUT2D eigenvalue weighted by molar-refractivity contribution is -0.686. The smallest absolute Gasteiger partial charge is 0.103 e. The zero-order chi connectivity index (χ0) is 11.2. The maximum absolute atomic E-state index is 4.10. The van der Waals surface area contributed by atoms with Gasteiger partial charge in [0.05, 0.1) is 0 Å². The van der Waals surface area contributed by atoms with Crippen LogP contribution in [0.1, 0.15) is 16.7 Å². The van der Waals surface area contributed by atoms with Gasteiger partial charge in [-0.05, 0) is 13.0 Å². The lowest BCUT2D eigenvalue weighted by atomic mass is 10.1. The van der Waals surface area contributed by atoms with Gasteiger partial charge in [-0.25, -0.2) is 0 Å². The van der Waals surface area contributed by atoms with Gasteiger partial charge in [0.25, 0.3) is 0 Å². The highest BCUT2D eigenvalue weighted by atomic mass is 14.8. The monoisotopic (exact) mass is 213 g/mol. The number of hydrogen-bond acceptors (Lipinski definition) is 1. The molecule has 0 atom stereocenters. The van der Waals surface area contributed by atoms with Gasteiger partial charge in [0.1, 0.15) is 13.1 Å². The van der Waals surface area contributed by atoms with Gasteiger partial charge in [-0.15, -0.1) is 0 Å². The number of aromatic nitrogens is 1. The van der Waals surface area contributed by atoms with E-state index in [9.17, 15) is 0 Å². The van der Waals surface area contributed by atoms with E-state index in [1.807, 2.05) is 18.5 Å². The molecule has 2 aromatic rings. The summed E-state index contributed by atoms with van der Waals surface area (Å²) in [7, 11) is 0. The summed E-state index contributed by atoms with van der Waals surface area (Å²) in [5.41, 5.74) is 3.98. The van der Waals surface area contributed by atoms with Crippen LogP contribution in [0.2, 0.25) is 0 Å². The van der Waals surface area contributed by atoms with Crippen LogP contribution in [-0.4, -0.2) is 4.98 Å². The third-order valence-corrected chi connectivity index (χ3v) is 2.57. The van der Waals surface area contributed by atoms with Crippen molar-refractivity contribution in [3.05, 3.63) is 65.5 Å². The van der Waals surface area contributed by atoms with Crippen LogP contribution in [0, 0.1) is 6.92 Å². The van der Waals surface area contributed by atoms with Crippen LogP contribution in [-0.2, 0) is 13.1 Å². The molecular formula is C14H17N2+. The van der Waals surface area contributed by atoms with Gasteiger partial charge >= 0.3 is 0 Å². The summed E-state index contributed by atoms with van der Waals surface area (Å²) in [5, 5.41) is 2.30. The molecule has 0 amide bonds. The SMILES string of the molecule is Cc1cccc(C[NH2+]Cc2cccnc2)c1. The van der Waals surface area contributed by atoms with Crippen molar-refractivity contribution in [2.75, 3.05) is 0 Å². The molecule has 0 aliphatic carbocycles. The normalized spacial score (nSPS) is 10.3. The van der Waals surface area contributed by atoms with E-state index >= 15 is 0 Å². The molecule has 0 radical (unpaired) electrons. The van der Waals surface area contributed by atoms with Crippen molar-refractivity contribution in [1.29, 1.82) is 0 Å². The predicted molar refractivity (Wildman–Crippen MR) is 64.7 cm³/mol. The topological polar surface area (TPSA) is 29.5 Å². The third kappa shape index (κ3) is 3.17. The van der Waals surface area contributed by atoms with Crippen LogP contribution in [0.5, 0.6) is 0 Å². The van der Waals surface area contributed by atoms with E-state index in [2.05, 4.69) is 47.6 Å². The highest BCUT2D eigenvalue weighted by Crippen LogP contribution is 2.01. The molecule has 2 N–H and O–H groups in total. The van der Waals surface area contributed by atoms with Crippen molar-refractivity contribution < 1.29 is 5.32 Å². The molecular weight excluding hydrogens is 196 g/mol. The molecule has 82 valence electrons. The van der Waals surface area contributed by atoms with Gasteiger partial charge < -0.3 is 5.32 Å². The largest absolute Gasteiger partial charge is 0.339 e. The highest BCUT2D eigenvalue weighted by Gasteiger charge is 1.97. The second kappa shape index (κ2) is 5.42. The predicted octanol–water partition coefficient (Wildman–Crippen LogP) is 1.65. The maximum Gasteiger partial charge on any atom is 0.103 e. The Morgan fingerprint density at radius 3 is 2.62 bits per heavy atom. The van der Waals surface area contributed by atoms with E-state index in [0.29, 0.717) is 0 Å². The van der Waals surface area contributed by atoms with Gasteiger partial charge in [-0.3, -0.25) is 4.98 Å². The fraction of sp³-hybridized carbons (Fsp3) is 0.214. The number of nitrogens with zero attached hydrogens (tertiary/aromatic N) is 1. The summed E-state index contributed by atoms with van der Waals surface area (Å²) in [6.07, 6.45) is 3.73. The Labute approximate surface area is 96.4 Å². The molecule has 0 saturated carbocycles. The summed E-state index contributed by atoms with van der Waals surface area (Å²) in [6, 6.07) is 12.7. The Morgan fingerprint density at radius 2 is 1.88 bits per heavy atom. The minimum absolute atomic E-state index is 0.988. The van der Waals surface area contributed by atoms with E-state index in [0.717, 1.165) is 13.1 Å². The summed E-state index contributed by atoms with van der Waals surface area (Å²) < 4.78 is 0. The molecule has 2 nitrogen and oxygen atoms in total. The lowest BCUT2D eigenvalue weighted by Gasteiger charge is -2.02. The molecule has 2 heteroatoms. The fourth-order valence-corrected chi connectivity index (χ4v) is 1.76. The van der Waals surface area contributed by atoms with Crippen LogP contribution in [0.3, 0.4) is 0 Å². The van der Waals surface area contributed by atoms with Gasteiger partial charge in [-0.2, -0.15) is 0 Å². The second-order valence-corrected chi connectivity index (χ2v) is 4.05. The average Bonchev–Trinajstić information content (AvgIpc) is 2.30. The van der Waals surface area contributed by atoms with E-state index in [-0.39, 0.29) is 0 Å². The van der Waals surface area contributed by atoms with Crippen LogP contribution in [0.25, 0.3) is 0 Å². The Morgan fingerprint density at radius 1 is 1.06 bits per heavy atom. The highest BCUT2D eigenvalue weighted by molar-refractivity contribution is 5.21. The number of quaternary nitrogens is 1. The average molecular weight is 213 g/mol. The van der Waals surface area contributed by atoms with Crippen molar-refractivity contribution in [1.82, 2.24) is 4.98 Å². The van der Waals surface area contributed by atoms with E-state index in [4.69, 9.17) is 0 Å². The number of rotatable bonds is 4. The van der Waals surface area contributed by atoms with Crippen molar-refractivity contribution in [3.63, 3.8) is 0 Å². The first kappa shape index (κ1) is 10.8. The van der Waals surface area contributed by atoms with Crippen LogP contribution >= 0.6 is 0 Å². The number of pyridine rings is 1. The zero-order valence-electron chi connectivity index (χ0n) is 9.56. The second-order valence-electron chi connectivity index (χ2n) is 4.05. The molecule has 1 aromatic heterocycles. The van der Waals surface area contributed by atoms with E-state index in [1.165, 1.54) is 16.7 Å². The minimum Gasteiger partial charge on any atom is -0.339 e. The Hall–Kier alpha value is -1.67. The Kier molecular flexibility index (Phi) is 3.67. The van der Waals surface area contributed by atoms with Crippen LogP contribution in [0.15, 0.2) is 48.8 Å². The first-order chi connectivity index (χ1) is 7.84. The van der Waals surface area contributed by atoms with Crippen molar-refractivity contribution >= 4 is 0 Å². The first-order valence-electron chi connectivity index (χ1n) is 5.61. The number of nitrogens with two attached hydrogens (primary N) is 1. The minimum atomic E-state index is 0.988. The van der Waals surface area contributed by atoms with Crippen LogP contribution < -0.4 is 5.32 Å². The van der Waals surface area contributed by atoms with E-state index in [1.54, 1.807) is 0 Å². The number of hydrogen-bond donors (Lipinski definition) is 1. The molecule has 16 heavy (non-hydrogen) atoms. The summed E-state index contributed by atoms with van der Waals surface area (Å²) in [6.45, 7) is 4.14. The Balaban J connectivity index is 1.85. The summed E-state index contributed by atoms with van der Waals surface area (Å²) in [4.78, 5) is 4.10. The first-order valence-corrected chi connectivity index (χ1v) is 5.61. The molecule has 0 saturated heterocycles. The lowest BCUT2D eigenvalue weighted by Crippen LogP contribution is -2.80. The Bertz CT molecular complexity index is 437. The molecule has 0 spiro atoms. The molecule has 0 aliphatic heterocycles. The fourth-order valence-electron chi connectivity index (χ4n) is 1.76. The zero-order valence-corrected chi connectivity index (χ0v) is 9.56. The summed E-state index contributed by atoms with van der Waals surface area (Å²) >= 11 is 0. The molecule has 0 unspecified atom stereocenters. The standard InChI is InChI=1S/C14H16N2/c1-12-4-2-5-13(8-12)9-16-11-14-6-3-7-15-10-14/h2-8,10,16H,9,11H2,1H3/p+1. The van der Waals surface area contributed by atoms with Crippen molar-refractivity contribution in [2.45, 2.75) is 20.0 Å². The van der Waals surface area contributed by atoms with Gasteiger partial charge in [0.15, 0.2) is 0 Å². The molecule has 2 rings (SSSR count). The van der Waals surface area contributed by atoms with Crippen molar-refractivity contribution in [2.24, 2.45) is 0 Å². The summed E-state index contributed by atoms with van der Waals surface area (Å²) in [5.74, 6) is 0. The van der Waals surface area contributed by atoms with Crippen LogP contribution in [0.4, 0.5) is 0 Å². The maximum atomic E-state index is 4.10. The number of benzene rings is 1. The molecule has 1 aromatic carbocycles.